The van der Waals surface area contributed by atoms with Crippen LogP contribution < -0.4 is 4.74 Å². The first-order chi connectivity index (χ1) is 13.6. The molecule has 4 nitrogen and oxygen atoms in total. The Hall–Kier alpha value is -2.80. The Bertz CT molecular complexity index is 957. The number of halogens is 2. The molecule has 4 rings (SSSR count). The predicted octanol–water partition coefficient (Wildman–Crippen LogP) is 4.85. The standard InChI is InChI=1S/C21H17F2NO3S/c22-14-3-1-13(2-4-14)18-9-19(18)21(25)27-10-16-12-28-20(24-16)11-26-17-7-5-15(23)6-8-17/h1-8,12,18-19H,9-11H2. The molecule has 0 saturated heterocycles. The molecular weight excluding hydrogens is 384 g/mol. The van der Waals surface area contributed by atoms with Crippen molar-refractivity contribution < 1.29 is 23.0 Å². The molecule has 0 spiro atoms. The van der Waals surface area contributed by atoms with E-state index in [4.69, 9.17) is 9.47 Å². The van der Waals surface area contributed by atoms with E-state index in [0.717, 1.165) is 17.0 Å². The Kier molecular flexibility index (Phi) is 5.34. The van der Waals surface area contributed by atoms with Crippen molar-refractivity contribution in [3.63, 3.8) is 0 Å². The van der Waals surface area contributed by atoms with E-state index in [-0.39, 0.29) is 42.7 Å². The lowest BCUT2D eigenvalue weighted by molar-refractivity contribution is -0.146. The number of carbonyl (C=O) groups excluding carboxylic acids is 1. The van der Waals surface area contributed by atoms with Gasteiger partial charge in [0.15, 0.2) is 0 Å². The Morgan fingerprint density at radius 1 is 1.04 bits per heavy atom. The lowest BCUT2D eigenvalue weighted by Gasteiger charge is -2.04. The zero-order chi connectivity index (χ0) is 19.5. The fraction of sp³-hybridized carbons (Fsp3) is 0.238. The number of hydrogen-bond donors (Lipinski definition) is 0. The minimum absolute atomic E-state index is 0.100. The smallest absolute Gasteiger partial charge is 0.309 e. The van der Waals surface area contributed by atoms with E-state index >= 15 is 0 Å². The van der Waals surface area contributed by atoms with E-state index in [1.54, 1.807) is 24.3 Å². The highest BCUT2D eigenvalue weighted by Crippen LogP contribution is 2.48. The first-order valence-electron chi connectivity index (χ1n) is 8.82. The summed E-state index contributed by atoms with van der Waals surface area (Å²) < 4.78 is 36.8. The number of thiazole rings is 1. The van der Waals surface area contributed by atoms with E-state index in [9.17, 15) is 13.6 Å². The molecule has 144 valence electrons. The minimum Gasteiger partial charge on any atom is -0.486 e. The van der Waals surface area contributed by atoms with Gasteiger partial charge in [-0.05, 0) is 54.3 Å². The molecule has 1 fully saturated rings. The topological polar surface area (TPSA) is 48.4 Å². The molecule has 0 amide bonds. The van der Waals surface area contributed by atoms with E-state index in [1.165, 1.54) is 35.6 Å². The van der Waals surface area contributed by atoms with Crippen molar-refractivity contribution in [2.75, 3.05) is 0 Å². The number of hydrogen-bond acceptors (Lipinski definition) is 5. The van der Waals surface area contributed by atoms with E-state index in [0.29, 0.717) is 11.4 Å². The van der Waals surface area contributed by atoms with E-state index in [2.05, 4.69) is 4.98 Å². The molecule has 2 atom stereocenters. The third-order valence-electron chi connectivity index (χ3n) is 4.53. The van der Waals surface area contributed by atoms with Crippen molar-refractivity contribution in [1.82, 2.24) is 4.98 Å². The molecule has 1 aliphatic rings. The predicted molar refractivity (Wildman–Crippen MR) is 99.9 cm³/mol. The molecule has 2 aromatic carbocycles. The highest BCUT2D eigenvalue weighted by atomic mass is 32.1. The molecule has 1 aliphatic carbocycles. The van der Waals surface area contributed by atoms with Crippen molar-refractivity contribution in [2.45, 2.75) is 25.6 Å². The van der Waals surface area contributed by atoms with Crippen LogP contribution in [-0.4, -0.2) is 11.0 Å². The average Bonchev–Trinajstić information content (AvgIpc) is 3.37. The van der Waals surface area contributed by atoms with Crippen molar-refractivity contribution in [3.8, 4) is 5.75 Å². The third-order valence-corrected chi connectivity index (χ3v) is 5.40. The number of ether oxygens (including phenoxy) is 2. The summed E-state index contributed by atoms with van der Waals surface area (Å²) in [5, 5.41) is 2.56. The zero-order valence-electron chi connectivity index (χ0n) is 14.8. The molecule has 0 N–H and O–H groups in total. The van der Waals surface area contributed by atoms with Gasteiger partial charge in [0.25, 0.3) is 0 Å². The molecule has 1 saturated carbocycles. The fourth-order valence-electron chi connectivity index (χ4n) is 2.94. The lowest BCUT2D eigenvalue weighted by Crippen LogP contribution is -2.08. The second-order valence-corrected chi connectivity index (χ2v) is 7.53. The van der Waals surface area contributed by atoms with Gasteiger partial charge in [-0.15, -0.1) is 11.3 Å². The van der Waals surface area contributed by atoms with E-state index < -0.39 is 0 Å². The molecule has 2 unspecified atom stereocenters. The zero-order valence-corrected chi connectivity index (χ0v) is 15.6. The van der Waals surface area contributed by atoms with Gasteiger partial charge in [-0.2, -0.15) is 0 Å². The Morgan fingerprint density at radius 2 is 1.71 bits per heavy atom. The summed E-state index contributed by atoms with van der Waals surface area (Å²) in [4.78, 5) is 16.6. The summed E-state index contributed by atoms with van der Waals surface area (Å²) in [6, 6.07) is 12.0. The lowest BCUT2D eigenvalue weighted by atomic mass is 10.1. The van der Waals surface area contributed by atoms with Gasteiger partial charge in [-0.1, -0.05) is 12.1 Å². The molecule has 0 aliphatic heterocycles. The van der Waals surface area contributed by atoms with Crippen LogP contribution in [0.3, 0.4) is 0 Å². The molecule has 28 heavy (non-hydrogen) atoms. The maximum absolute atomic E-state index is 13.0. The largest absolute Gasteiger partial charge is 0.486 e. The van der Waals surface area contributed by atoms with Crippen molar-refractivity contribution >= 4 is 17.3 Å². The number of rotatable bonds is 7. The number of esters is 1. The first kappa shape index (κ1) is 18.6. The monoisotopic (exact) mass is 401 g/mol. The number of aromatic nitrogens is 1. The Balaban J connectivity index is 1.24. The van der Waals surface area contributed by atoms with Crippen LogP contribution in [0.4, 0.5) is 8.78 Å². The molecule has 3 aromatic rings. The molecule has 0 radical (unpaired) electrons. The van der Waals surface area contributed by atoms with Crippen molar-refractivity contribution in [3.05, 3.63) is 81.8 Å². The van der Waals surface area contributed by atoms with Gasteiger partial charge in [0.2, 0.25) is 0 Å². The fourth-order valence-corrected chi connectivity index (χ4v) is 3.63. The van der Waals surface area contributed by atoms with Crippen LogP contribution in [0.5, 0.6) is 5.75 Å². The summed E-state index contributed by atoms with van der Waals surface area (Å²) in [7, 11) is 0. The first-order valence-corrected chi connectivity index (χ1v) is 9.70. The van der Waals surface area contributed by atoms with Gasteiger partial charge >= 0.3 is 5.97 Å². The molecule has 0 bridgehead atoms. The van der Waals surface area contributed by atoms with Crippen LogP contribution in [-0.2, 0) is 22.7 Å². The highest BCUT2D eigenvalue weighted by Gasteiger charge is 2.45. The van der Waals surface area contributed by atoms with Gasteiger partial charge in [0.1, 0.15) is 35.6 Å². The maximum Gasteiger partial charge on any atom is 0.309 e. The molecule has 1 heterocycles. The average molecular weight is 401 g/mol. The van der Waals surface area contributed by atoms with Crippen LogP contribution in [0.25, 0.3) is 0 Å². The molecule has 7 heteroatoms. The summed E-state index contributed by atoms with van der Waals surface area (Å²) >= 11 is 1.41. The number of benzene rings is 2. The molecular formula is C21H17F2NO3S. The van der Waals surface area contributed by atoms with Gasteiger partial charge in [-0.25, -0.2) is 13.8 Å². The van der Waals surface area contributed by atoms with Crippen molar-refractivity contribution in [1.29, 1.82) is 0 Å². The molecule has 1 aromatic heterocycles. The van der Waals surface area contributed by atoms with Crippen LogP contribution in [0.15, 0.2) is 53.9 Å². The van der Waals surface area contributed by atoms with Crippen molar-refractivity contribution in [2.24, 2.45) is 5.92 Å². The van der Waals surface area contributed by atoms with Crippen LogP contribution in [0.2, 0.25) is 0 Å². The van der Waals surface area contributed by atoms with Gasteiger partial charge in [0, 0.05) is 5.38 Å². The summed E-state index contributed by atoms with van der Waals surface area (Å²) in [6.07, 6.45) is 0.721. The van der Waals surface area contributed by atoms with Crippen LogP contribution in [0.1, 0.15) is 28.6 Å². The minimum atomic E-state index is -0.317. The van der Waals surface area contributed by atoms with Gasteiger partial charge in [0.05, 0.1) is 11.6 Å². The highest BCUT2D eigenvalue weighted by molar-refractivity contribution is 7.09. The SMILES string of the molecule is O=C(OCc1csc(COc2ccc(F)cc2)n1)C1CC1c1ccc(F)cc1. The normalized spacial score (nSPS) is 17.9. The summed E-state index contributed by atoms with van der Waals surface area (Å²) in [5.41, 5.74) is 1.62. The Morgan fingerprint density at radius 3 is 2.43 bits per heavy atom. The van der Waals surface area contributed by atoms with E-state index in [1.807, 2.05) is 5.38 Å². The summed E-state index contributed by atoms with van der Waals surface area (Å²) in [5.74, 6) is -0.375. The van der Waals surface area contributed by atoms with Crippen LogP contribution >= 0.6 is 11.3 Å². The second-order valence-electron chi connectivity index (χ2n) is 6.58. The number of nitrogens with zero attached hydrogens (tertiary/aromatic N) is 1. The van der Waals surface area contributed by atoms with Crippen LogP contribution in [0, 0.1) is 17.6 Å². The second kappa shape index (κ2) is 8.06. The van der Waals surface area contributed by atoms with Gasteiger partial charge < -0.3 is 9.47 Å². The Labute approximate surface area is 164 Å². The quantitative estimate of drug-likeness (QED) is 0.531. The van der Waals surface area contributed by atoms with Gasteiger partial charge in [-0.3, -0.25) is 4.79 Å². The third kappa shape index (κ3) is 4.54. The summed E-state index contributed by atoms with van der Waals surface area (Å²) in [6.45, 7) is 0.373. The number of carbonyl (C=O) groups is 1. The maximum atomic E-state index is 13.0.